The molecule has 1 N–H and O–H groups in total. The summed E-state index contributed by atoms with van der Waals surface area (Å²) >= 11 is 0. The van der Waals surface area contributed by atoms with Crippen molar-refractivity contribution in [2.75, 3.05) is 18.5 Å². The Morgan fingerprint density at radius 3 is 2.57 bits per heavy atom. The zero-order valence-electron chi connectivity index (χ0n) is 13.1. The number of benzene rings is 2. The maximum absolute atomic E-state index is 5.73. The molecular formula is C19H23NO. The minimum absolute atomic E-state index is 0.0682. The van der Waals surface area contributed by atoms with E-state index in [1.807, 2.05) is 0 Å². The molecule has 1 aliphatic carbocycles. The Balaban J connectivity index is 1.64. The van der Waals surface area contributed by atoms with Crippen LogP contribution < -0.4 is 5.32 Å². The molecule has 0 fully saturated rings. The first kappa shape index (κ1) is 14.2. The lowest BCUT2D eigenvalue weighted by Gasteiger charge is -2.19. The van der Waals surface area contributed by atoms with Crippen molar-refractivity contribution in [3.63, 3.8) is 0 Å². The number of hydrogen-bond donors (Lipinski definition) is 1. The van der Waals surface area contributed by atoms with Gasteiger partial charge < -0.3 is 10.1 Å². The van der Waals surface area contributed by atoms with Crippen LogP contribution in [0.4, 0.5) is 5.69 Å². The molecule has 0 spiro atoms. The maximum atomic E-state index is 5.73. The van der Waals surface area contributed by atoms with Gasteiger partial charge in [0.25, 0.3) is 0 Å². The van der Waals surface area contributed by atoms with Crippen LogP contribution in [0.25, 0.3) is 11.1 Å². The van der Waals surface area contributed by atoms with Crippen molar-refractivity contribution in [3.05, 3.63) is 53.6 Å². The highest BCUT2D eigenvalue weighted by atomic mass is 16.5. The second kappa shape index (κ2) is 5.53. The third-order valence-corrected chi connectivity index (χ3v) is 3.76. The minimum Gasteiger partial charge on any atom is -0.383 e. The first-order valence-corrected chi connectivity index (χ1v) is 7.62. The quantitative estimate of drug-likeness (QED) is 0.712. The van der Waals surface area contributed by atoms with E-state index >= 15 is 0 Å². The predicted octanol–water partition coefficient (Wildman–Crippen LogP) is 4.48. The smallest absolute Gasteiger partial charge is 0.0646 e. The van der Waals surface area contributed by atoms with E-state index in [2.05, 4.69) is 68.6 Å². The molecule has 0 atom stereocenters. The Bertz CT molecular complexity index is 640. The zero-order valence-corrected chi connectivity index (χ0v) is 13.1. The third-order valence-electron chi connectivity index (χ3n) is 3.76. The molecule has 0 aliphatic heterocycles. The molecule has 0 saturated heterocycles. The molecule has 2 heteroatoms. The molecule has 110 valence electrons. The average Bonchev–Trinajstić information content (AvgIpc) is 2.80. The van der Waals surface area contributed by atoms with Crippen molar-refractivity contribution in [1.29, 1.82) is 0 Å². The number of ether oxygens (including phenoxy) is 1. The number of rotatable bonds is 4. The molecule has 2 nitrogen and oxygen atoms in total. The Hall–Kier alpha value is -1.80. The second-order valence-electron chi connectivity index (χ2n) is 6.59. The highest BCUT2D eigenvalue weighted by Crippen LogP contribution is 2.37. The monoisotopic (exact) mass is 281 g/mol. The molecule has 0 bridgehead atoms. The van der Waals surface area contributed by atoms with Gasteiger partial charge in [-0.25, -0.2) is 0 Å². The summed E-state index contributed by atoms with van der Waals surface area (Å²) in [5.41, 5.74) is 6.72. The highest BCUT2D eigenvalue weighted by molar-refractivity contribution is 5.78. The van der Waals surface area contributed by atoms with Crippen LogP contribution in [0.1, 0.15) is 31.9 Å². The second-order valence-corrected chi connectivity index (χ2v) is 6.59. The topological polar surface area (TPSA) is 21.3 Å². The van der Waals surface area contributed by atoms with Gasteiger partial charge in [0.15, 0.2) is 0 Å². The third kappa shape index (κ3) is 3.27. The molecule has 0 amide bonds. The van der Waals surface area contributed by atoms with E-state index in [1.54, 1.807) is 0 Å². The molecular weight excluding hydrogens is 258 g/mol. The summed E-state index contributed by atoms with van der Waals surface area (Å²) in [6.45, 7) is 7.81. The van der Waals surface area contributed by atoms with E-state index in [4.69, 9.17) is 4.74 Å². The van der Waals surface area contributed by atoms with Crippen molar-refractivity contribution in [2.45, 2.75) is 32.8 Å². The van der Waals surface area contributed by atoms with Crippen LogP contribution in [-0.4, -0.2) is 18.8 Å². The van der Waals surface area contributed by atoms with Crippen LogP contribution in [0.3, 0.4) is 0 Å². The minimum atomic E-state index is -0.0682. The molecule has 2 aromatic rings. The lowest BCUT2D eigenvalue weighted by atomic mass is 10.1. The van der Waals surface area contributed by atoms with E-state index < -0.39 is 0 Å². The molecule has 0 saturated carbocycles. The van der Waals surface area contributed by atoms with Gasteiger partial charge in [-0.15, -0.1) is 0 Å². The fourth-order valence-electron chi connectivity index (χ4n) is 2.81. The molecule has 21 heavy (non-hydrogen) atoms. The maximum Gasteiger partial charge on any atom is 0.0646 e. The summed E-state index contributed by atoms with van der Waals surface area (Å²) < 4.78 is 5.73. The van der Waals surface area contributed by atoms with Crippen LogP contribution in [0.15, 0.2) is 42.5 Å². The van der Waals surface area contributed by atoms with E-state index in [1.165, 1.54) is 27.9 Å². The summed E-state index contributed by atoms with van der Waals surface area (Å²) in [6.07, 6.45) is 1.04. The summed E-state index contributed by atoms with van der Waals surface area (Å²) in [6, 6.07) is 15.3. The van der Waals surface area contributed by atoms with E-state index in [0.717, 1.165) is 19.6 Å². The number of hydrogen-bond acceptors (Lipinski definition) is 2. The average molecular weight is 281 g/mol. The van der Waals surface area contributed by atoms with Gasteiger partial charge in [0, 0.05) is 12.2 Å². The summed E-state index contributed by atoms with van der Waals surface area (Å²) in [7, 11) is 0. The van der Waals surface area contributed by atoms with Gasteiger partial charge in [0.05, 0.1) is 12.2 Å². The van der Waals surface area contributed by atoms with Crippen molar-refractivity contribution in [3.8, 4) is 11.1 Å². The van der Waals surface area contributed by atoms with E-state index in [9.17, 15) is 0 Å². The largest absolute Gasteiger partial charge is 0.383 e. The molecule has 1 aliphatic rings. The van der Waals surface area contributed by atoms with Gasteiger partial charge in [0.1, 0.15) is 0 Å². The fourth-order valence-corrected chi connectivity index (χ4v) is 2.81. The van der Waals surface area contributed by atoms with Gasteiger partial charge in [-0.3, -0.25) is 0 Å². The summed E-state index contributed by atoms with van der Waals surface area (Å²) in [5.74, 6) is 0. The molecule has 0 heterocycles. The van der Waals surface area contributed by atoms with Crippen LogP contribution >= 0.6 is 0 Å². The Morgan fingerprint density at radius 2 is 1.76 bits per heavy atom. The molecule has 2 aromatic carbocycles. The van der Waals surface area contributed by atoms with E-state index in [-0.39, 0.29) is 5.60 Å². The summed E-state index contributed by atoms with van der Waals surface area (Å²) in [5, 5.41) is 3.45. The van der Waals surface area contributed by atoms with Gasteiger partial charge in [-0.1, -0.05) is 30.3 Å². The first-order chi connectivity index (χ1) is 10.0. The molecule has 0 radical (unpaired) electrons. The Morgan fingerprint density at radius 1 is 1.00 bits per heavy atom. The summed E-state index contributed by atoms with van der Waals surface area (Å²) in [4.78, 5) is 0. The number of fused-ring (bicyclic) bond motifs is 3. The van der Waals surface area contributed by atoms with Crippen molar-refractivity contribution in [2.24, 2.45) is 0 Å². The Kier molecular flexibility index (Phi) is 3.73. The zero-order chi connectivity index (χ0) is 14.9. The van der Waals surface area contributed by atoms with E-state index in [0.29, 0.717) is 0 Å². The van der Waals surface area contributed by atoms with Gasteiger partial charge in [-0.05, 0) is 61.6 Å². The normalized spacial score (nSPS) is 12.9. The van der Waals surface area contributed by atoms with Crippen LogP contribution in [0.5, 0.6) is 0 Å². The SMILES string of the molecule is CC(C)(C)OCCNc1ccc2c(c1)Cc1ccccc1-2. The van der Waals surface area contributed by atoms with Gasteiger partial charge in [0.2, 0.25) is 0 Å². The van der Waals surface area contributed by atoms with Crippen LogP contribution in [0.2, 0.25) is 0 Å². The number of nitrogens with one attached hydrogen (secondary N) is 1. The first-order valence-electron chi connectivity index (χ1n) is 7.62. The Labute approximate surface area is 127 Å². The standard InChI is InChI=1S/C19H23NO/c1-19(2,3)21-11-10-20-16-8-9-18-15(13-16)12-14-6-4-5-7-17(14)18/h4-9,13,20H,10-12H2,1-3H3. The van der Waals surface area contributed by atoms with Crippen molar-refractivity contribution >= 4 is 5.69 Å². The lowest BCUT2D eigenvalue weighted by molar-refractivity contribution is 0.00333. The van der Waals surface area contributed by atoms with Gasteiger partial charge in [-0.2, -0.15) is 0 Å². The lowest BCUT2D eigenvalue weighted by Crippen LogP contribution is -2.23. The van der Waals surface area contributed by atoms with Gasteiger partial charge >= 0.3 is 0 Å². The number of anilines is 1. The van der Waals surface area contributed by atoms with Crippen molar-refractivity contribution in [1.82, 2.24) is 0 Å². The fraction of sp³-hybridized carbons (Fsp3) is 0.368. The predicted molar refractivity (Wildman–Crippen MR) is 88.9 cm³/mol. The molecule has 0 unspecified atom stereocenters. The molecule has 3 rings (SSSR count). The molecule has 0 aromatic heterocycles. The van der Waals surface area contributed by atoms with Crippen LogP contribution in [-0.2, 0) is 11.2 Å². The van der Waals surface area contributed by atoms with Crippen molar-refractivity contribution < 1.29 is 4.74 Å². The van der Waals surface area contributed by atoms with Crippen LogP contribution in [0, 0.1) is 0 Å². The highest BCUT2D eigenvalue weighted by Gasteiger charge is 2.17.